The van der Waals surface area contributed by atoms with E-state index in [9.17, 15) is 14.7 Å². The van der Waals surface area contributed by atoms with Gasteiger partial charge in [-0.15, -0.1) is 0 Å². The first kappa shape index (κ1) is 17.4. The summed E-state index contributed by atoms with van der Waals surface area (Å²) in [6.45, 7) is 4.05. The van der Waals surface area contributed by atoms with E-state index < -0.39 is 5.97 Å². The van der Waals surface area contributed by atoms with Crippen LogP contribution in [0.25, 0.3) is 5.57 Å². The number of benzene rings is 2. The Balaban J connectivity index is 2.06. The van der Waals surface area contributed by atoms with Crippen LogP contribution in [0.1, 0.15) is 31.4 Å². The van der Waals surface area contributed by atoms with Gasteiger partial charge in [0.05, 0.1) is 5.57 Å². The van der Waals surface area contributed by atoms with Crippen molar-refractivity contribution in [3.63, 3.8) is 0 Å². The van der Waals surface area contributed by atoms with E-state index in [1.165, 1.54) is 0 Å². The van der Waals surface area contributed by atoms with Crippen LogP contribution in [0, 0.1) is 0 Å². The average Bonchev–Trinajstić information content (AvgIpc) is 2.56. The Morgan fingerprint density at radius 2 is 1.72 bits per heavy atom. The topological polar surface area (TPSA) is 66.4 Å². The molecule has 2 aromatic carbocycles. The molecule has 128 valence electrons. The summed E-state index contributed by atoms with van der Waals surface area (Å²) in [5.41, 5.74) is 2.27. The van der Waals surface area contributed by atoms with Gasteiger partial charge in [-0.05, 0) is 47.2 Å². The number of halogens is 1. The van der Waals surface area contributed by atoms with E-state index in [1.54, 1.807) is 24.3 Å². The van der Waals surface area contributed by atoms with Crippen LogP contribution in [0.15, 0.2) is 58.6 Å². The maximum atomic E-state index is 12.8. The lowest BCUT2D eigenvalue weighted by molar-refractivity contribution is -0.130. The third kappa shape index (κ3) is 3.37. The van der Waals surface area contributed by atoms with Gasteiger partial charge >= 0.3 is 5.97 Å². The van der Waals surface area contributed by atoms with Crippen molar-refractivity contribution in [2.45, 2.75) is 25.7 Å². The summed E-state index contributed by atoms with van der Waals surface area (Å²) in [7, 11) is 0. The highest BCUT2D eigenvalue weighted by molar-refractivity contribution is 9.10. The van der Waals surface area contributed by atoms with Crippen molar-refractivity contribution in [1.29, 1.82) is 0 Å². The van der Waals surface area contributed by atoms with Crippen molar-refractivity contribution in [3.05, 3.63) is 69.7 Å². The number of hydrogen-bond donors (Lipinski definition) is 2. The smallest absolute Gasteiger partial charge is 0.336 e. The van der Waals surface area contributed by atoms with Crippen molar-refractivity contribution in [2.75, 3.05) is 5.32 Å². The standard InChI is InChI=1S/C20H18BrNO3/c1-20(2)11-15(18(23)22-13-9-7-12(21)8-10-13)17(19(24)25)14-5-3-4-6-16(14)20/h3-10H,11H2,1-2H3,(H,22,23)(H,24,25). The summed E-state index contributed by atoms with van der Waals surface area (Å²) < 4.78 is 0.906. The molecule has 0 saturated heterocycles. The predicted molar refractivity (Wildman–Crippen MR) is 101 cm³/mol. The van der Waals surface area contributed by atoms with Crippen LogP contribution < -0.4 is 5.32 Å². The molecule has 0 aliphatic heterocycles. The SMILES string of the molecule is CC1(C)CC(C(=O)Nc2ccc(Br)cc2)=C(C(=O)O)c2ccccc21. The zero-order valence-electron chi connectivity index (χ0n) is 14.0. The highest BCUT2D eigenvalue weighted by Crippen LogP contribution is 2.42. The lowest BCUT2D eigenvalue weighted by atomic mass is 9.70. The van der Waals surface area contributed by atoms with Gasteiger partial charge in [0.25, 0.3) is 5.91 Å². The van der Waals surface area contributed by atoms with E-state index in [1.807, 2.05) is 38.1 Å². The molecule has 0 radical (unpaired) electrons. The van der Waals surface area contributed by atoms with Gasteiger partial charge in [0.15, 0.2) is 0 Å². The molecule has 1 aliphatic carbocycles. The predicted octanol–water partition coefficient (Wildman–Crippen LogP) is 4.61. The molecule has 0 bridgehead atoms. The first-order valence-electron chi connectivity index (χ1n) is 7.93. The minimum Gasteiger partial charge on any atom is -0.478 e. The third-order valence-electron chi connectivity index (χ3n) is 4.44. The van der Waals surface area contributed by atoms with Crippen LogP contribution in [0.5, 0.6) is 0 Å². The van der Waals surface area contributed by atoms with Crippen molar-refractivity contribution in [1.82, 2.24) is 0 Å². The Bertz CT molecular complexity index is 882. The Morgan fingerprint density at radius 1 is 1.08 bits per heavy atom. The number of carbonyl (C=O) groups excluding carboxylic acids is 1. The molecule has 0 heterocycles. The fourth-order valence-electron chi connectivity index (χ4n) is 3.26. The Hall–Kier alpha value is -2.40. The molecule has 0 atom stereocenters. The molecule has 0 fully saturated rings. The van der Waals surface area contributed by atoms with Gasteiger partial charge in [0.2, 0.25) is 0 Å². The number of hydrogen-bond acceptors (Lipinski definition) is 2. The minimum absolute atomic E-state index is 0.0875. The maximum absolute atomic E-state index is 12.8. The van der Waals surface area contributed by atoms with Crippen LogP contribution in [0.4, 0.5) is 5.69 Å². The monoisotopic (exact) mass is 399 g/mol. The normalized spacial score (nSPS) is 15.5. The number of anilines is 1. The second kappa shape index (κ2) is 6.48. The summed E-state index contributed by atoms with van der Waals surface area (Å²) in [6.07, 6.45) is 0.369. The number of carbonyl (C=O) groups is 2. The summed E-state index contributed by atoms with van der Waals surface area (Å²) >= 11 is 3.35. The van der Waals surface area contributed by atoms with E-state index in [0.717, 1.165) is 10.0 Å². The molecule has 0 spiro atoms. The zero-order valence-corrected chi connectivity index (χ0v) is 15.6. The summed E-state index contributed by atoms with van der Waals surface area (Å²) in [5, 5.41) is 12.5. The molecular formula is C20H18BrNO3. The fraction of sp³-hybridized carbons (Fsp3) is 0.200. The van der Waals surface area contributed by atoms with Crippen molar-refractivity contribution >= 4 is 39.1 Å². The molecule has 25 heavy (non-hydrogen) atoms. The van der Waals surface area contributed by atoms with E-state index in [4.69, 9.17) is 0 Å². The summed E-state index contributed by atoms with van der Waals surface area (Å²) in [5.74, 6) is -1.45. The fourth-order valence-corrected chi connectivity index (χ4v) is 3.52. The van der Waals surface area contributed by atoms with Gasteiger partial charge < -0.3 is 10.4 Å². The average molecular weight is 400 g/mol. The van der Waals surface area contributed by atoms with Gasteiger partial charge in [-0.3, -0.25) is 4.79 Å². The van der Waals surface area contributed by atoms with Gasteiger partial charge in [-0.2, -0.15) is 0 Å². The van der Waals surface area contributed by atoms with E-state index in [0.29, 0.717) is 23.2 Å². The van der Waals surface area contributed by atoms with Crippen molar-refractivity contribution in [2.24, 2.45) is 0 Å². The highest BCUT2D eigenvalue weighted by Gasteiger charge is 2.37. The molecule has 2 N–H and O–H groups in total. The van der Waals surface area contributed by atoms with Crippen molar-refractivity contribution in [3.8, 4) is 0 Å². The van der Waals surface area contributed by atoms with Crippen molar-refractivity contribution < 1.29 is 14.7 Å². The number of nitrogens with one attached hydrogen (secondary N) is 1. The lowest BCUT2D eigenvalue weighted by Gasteiger charge is -2.34. The van der Waals surface area contributed by atoms with Crippen LogP contribution in [-0.2, 0) is 15.0 Å². The summed E-state index contributed by atoms with van der Waals surface area (Å²) in [6, 6.07) is 14.6. The van der Waals surface area contributed by atoms with E-state index in [-0.39, 0.29) is 16.9 Å². The number of amides is 1. The van der Waals surface area contributed by atoms with Gasteiger partial charge in [-0.25, -0.2) is 4.79 Å². The lowest BCUT2D eigenvalue weighted by Crippen LogP contribution is -2.31. The van der Waals surface area contributed by atoms with Crippen LogP contribution >= 0.6 is 15.9 Å². The second-order valence-electron chi connectivity index (χ2n) is 6.73. The van der Waals surface area contributed by atoms with Gasteiger partial charge in [0, 0.05) is 15.7 Å². The van der Waals surface area contributed by atoms with E-state index in [2.05, 4.69) is 21.2 Å². The molecule has 0 unspecified atom stereocenters. The largest absolute Gasteiger partial charge is 0.478 e. The summed E-state index contributed by atoms with van der Waals surface area (Å²) in [4.78, 5) is 24.7. The third-order valence-corrected chi connectivity index (χ3v) is 4.96. The Morgan fingerprint density at radius 3 is 2.36 bits per heavy atom. The minimum atomic E-state index is -1.08. The number of carboxylic acids is 1. The molecule has 0 aromatic heterocycles. The maximum Gasteiger partial charge on any atom is 0.336 e. The van der Waals surface area contributed by atoms with Crippen LogP contribution in [-0.4, -0.2) is 17.0 Å². The van der Waals surface area contributed by atoms with Gasteiger partial charge in [0.1, 0.15) is 0 Å². The zero-order chi connectivity index (χ0) is 18.2. The Labute approximate surface area is 154 Å². The molecule has 5 heteroatoms. The molecule has 1 amide bonds. The molecule has 3 rings (SSSR count). The first-order valence-corrected chi connectivity index (χ1v) is 8.72. The quantitative estimate of drug-likeness (QED) is 0.791. The van der Waals surface area contributed by atoms with E-state index >= 15 is 0 Å². The highest BCUT2D eigenvalue weighted by atomic mass is 79.9. The van der Waals surface area contributed by atoms with Crippen LogP contribution in [0.2, 0.25) is 0 Å². The molecule has 1 aliphatic rings. The second-order valence-corrected chi connectivity index (χ2v) is 7.64. The molecular weight excluding hydrogens is 382 g/mol. The molecule has 0 saturated carbocycles. The van der Waals surface area contributed by atoms with Crippen LogP contribution in [0.3, 0.4) is 0 Å². The Kier molecular flexibility index (Phi) is 4.52. The molecule has 4 nitrogen and oxygen atoms in total. The number of carboxylic acid groups (broad SMARTS) is 1. The number of aliphatic carboxylic acids is 1. The molecule has 2 aromatic rings. The van der Waals surface area contributed by atoms with Gasteiger partial charge in [-0.1, -0.05) is 54.0 Å². The first-order chi connectivity index (χ1) is 11.8. The number of fused-ring (bicyclic) bond motifs is 1. The number of rotatable bonds is 3.